The van der Waals surface area contributed by atoms with Gasteiger partial charge in [0.15, 0.2) is 0 Å². The molecule has 6 heteroatoms. The summed E-state index contributed by atoms with van der Waals surface area (Å²) in [5.74, 6) is -1.38. The fraction of sp³-hybridized carbons (Fsp3) is 0.562. The van der Waals surface area contributed by atoms with E-state index in [9.17, 15) is 13.6 Å². The molecule has 1 N–H and O–H groups in total. The minimum absolute atomic E-state index is 0.123. The summed E-state index contributed by atoms with van der Waals surface area (Å²) in [5.41, 5.74) is 0.426. The Kier molecular flexibility index (Phi) is 5.85. The number of hydrogen-bond acceptors (Lipinski definition) is 3. The van der Waals surface area contributed by atoms with Gasteiger partial charge in [0.2, 0.25) is 5.91 Å². The van der Waals surface area contributed by atoms with E-state index in [1.165, 1.54) is 12.1 Å². The first-order valence-electron chi connectivity index (χ1n) is 7.62. The molecule has 1 aromatic rings. The molecule has 0 aliphatic carbocycles. The predicted octanol–water partition coefficient (Wildman–Crippen LogP) is 1.61. The van der Waals surface area contributed by atoms with E-state index >= 15 is 0 Å². The lowest BCUT2D eigenvalue weighted by Gasteiger charge is -2.36. The Morgan fingerprint density at radius 3 is 2.27 bits per heavy atom. The first-order valence-corrected chi connectivity index (χ1v) is 7.62. The van der Waals surface area contributed by atoms with Crippen molar-refractivity contribution in [3.8, 4) is 0 Å². The minimum atomic E-state index is -0.631. The van der Waals surface area contributed by atoms with Crippen molar-refractivity contribution in [2.75, 3.05) is 32.7 Å². The van der Waals surface area contributed by atoms with Gasteiger partial charge in [0, 0.05) is 44.8 Å². The summed E-state index contributed by atoms with van der Waals surface area (Å²) in [6, 6.07) is 3.80. The van der Waals surface area contributed by atoms with Crippen molar-refractivity contribution < 1.29 is 13.6 Å². The van der Waals surface area contributed by atoms with E-state index in [2.05, 4.69) is 29.0 Å². The fourth-order valence-corrected chi connectivity index (χ4v) is 2.61. The third-order valence-electron chi connectivity index (χ3n) is 3.92. The number of benzene rings is 1. The maximum Gasteiger partial charge on any atom is 0.234 e. The largest absolute Gasteiger partial charge is 0.351 e. The lowest BCUT2D eigenvalue weighted by atomic mass is 10.2. The molecule has 1 amide bonds. The summed E-state index contributed by atoms with van der Waals surface area (Å²) in [6.07, 6.45) is 0. The number of nitrogens with one attached hydrogen (secondary N) is 1. The van der Waals surface area contributed by atoms with Gasteiger partial charge in [-0.2, -0.15) is 0 Å². The third-order valence-corrected chi connectivity index (χ3v) is 3.92. The second kappa shape index (κ2) is 7.65. The molecule has 0 atom stereocenters. The quantitative estimate of drug-likeness (QED) is 0.897. The molecule has 122 valence electrons. The van der Waals surface area contributed by atoms with Crippen molar-refractivity contribution in [1.82, 2.24) is 15.1 Å². The smallest absolute Gasteiger partial charge is 0.234 e. The van der Waals surface area contributed by atoms with E-state index in [0.717, 1.165) is 32.2 Å². The van der Waals surface area contributed by atoms with Crippen LogP contribution in [0.25, 0.3) is 0 Å². The fourth-order valence-electron chi connectivity index (χ4n) is 2.61. The Bertz CT molecular complexity index is 494. The van der Waals surface area contributed by atoms with E-state index in [1.54, 1.807) is 0 Å². The van der Waals surface area contributed by atoms with Crippen LogP contribution in [0.1, 0.15) is 19.4 Å². The molecule has 0 saturated carbocycles. The van der Waals surface area contributed by atoms with Crippen molar-refractivity contribution >= 4 is 5.91 Å². The Morgan fingerprint density at radius 1 is 1.14 bits per heavy atom. The molecule has 0 unspecified atom stereocenters. The molecule has 2 rings (SSSR count). The van der Waals surface area contributed by atoms with Crippen LogP contribution in [0.3, 0.4) is 0 Å². The summed E-state index contributed by atoms with van der Waals surface area (Å²) < 4.78 is 26.1. The number of carbonyl (C=O) groups is 1. The van der Waals surface area contributed by atoms with Gasteiger partial charge in [0.05, 0.1) is 6.54 Å². The maximum absolute atomic E-state index is 13.1. The average molecular weight is 311 g/mol. The Balaban J connectivity index is 1.74. The van der Waals surface area contributed by atoms with Gasteiger partial charge in [-0.1, -0.05) is 0 Å². The summed E-state index contributed by atoms with van der Waals surface area (Å²) in [7, 11) is 0. The Labute approximate surface area is 130 Å². The molecule has 0 spiro atoms. The van der Waals surface area contributed by atoms with Crippen molar-refractivity contribution in [2.45, 2.75) is 26.4 Å². The molecular formula is C16H23F2N3O. The van der Waals surface area contributed by atoms with Gasteiger partial charge in [0.1, 0.15) is 11.6 Å². The standard InChI is InChI=1S/C16H23F2N3O/c1-12(2)21-5-3-20(4-6-21)11-16(22)19-10-13-7-14(17)9-15(18)8-13/h7-9,12H,3-6,10-11H2,1-2H3,(H,19,22). The number of carbonyl (C=O) groups excluding carboxylic acids is 1. The van der Waals surface area contributed by atoms with Gasteiger partial charge >= 0.3 is 0 Å². The van der Waals surface area contributed by atoms with Crippen molar-refractivity contribution in [3.05, 3.63) is 35.4 Å². The van der Waals surface area contributed by atoms with E-state index in [0.29, 0.717) is 18.2 Å². The molecule has 1 aromatic carbocycles. The van der Waals surface area contributed by atoms with Gasteiger partial charge in [-0.15, -0.1) is 0 Å². The summed E-state index contributed by atoms with van der Waals surface area (Å²) >= 11 is 0. The monoisotopic (exact) mass is 311 g/mol. The Hall–Kier alpha value is -1.53. The highest BCUT2D eigenvalue weighted by Gasteiger charge is 2.20. The molecule has 1 fully saturated rings. The Morgan fingerprint density at radius 2 is 1.73 bits per heavy atom. The zero-order chi connectivity index (χ0) is 16.1. The van der Waals surface area contributed by atoms with Crippen LogP contribution in [0, 0.1) is 11.6 Å². The normalized spacial score (nSPS) is 17.0. The van der Waals surface area contributed by atoms with Crippen LogP contribution in [0.15, 0.2) is 18.2 Å². The summed E-state index contributed by atoms with van der Waals surface area (Å²) in [5, 5.41) is 2.71. The topological polar surface area (TPSA) is 35.6 Å². The molecule has 22 heavy (non-hydrogen) atoms. The van der Waals surface area contributed by atoms with E-state index in [-0.39, 0.29) is 12.5 Å². The minimum Gasteiger partial charge on any atom is -0.351 e. The van der Waals surface area contributed by atoms with E-state index in [1.807, 2.05) is 0 Å². The summed E-state index contributed by atoms with van der Waals surface area (Å²) in [6.45, 7) is 8.44. The molecule has 0 aromatic heterocycles. The van der Waals surface area contributed by atoms with E-state index < -0.39 is 11.6 Å². The summed E-state index contributed by atoms with van der Waals surface area (Å²) in [4.78, 5) is 16.4. The number of piperazine rings is 1. The van der Waals surface area contributed by atoms with Gasteiger partial charge in [-0.25, -0.2) is 8.78 Å². The number of hydrogen-bond donors (Lipinski definition) is 1. The zero-order valence-electron chi connectivity index (χ0n) is 13.1. The van der Waals surface area contributed by atoms with Crippen LogP contribution in [0.5, 0.6) is 0 Å². The highest BCUT2D eigenvalue weighted by Crippen LogP contribution is 2.08. The van der Waals surface area contributed by atoms with Crippen LogP contribution in [-0.4, -0.2) is 54.5 Å². The van der Waals surface area contributed by atoms with E-state index in [4.69, 9.17) is 0 Å². The molecule has 0 radical (unpaired) electrons. The second-order valence-corrected chi connectivity index (χ2v) is 5.96. The van der Waals surface area contributed by atoms with Gasteiger partial charge in [0.25, 0.3) is 0 Å². The van der Waals surface area contributed by atoms with Crippen LogP contribution in [-0.2, 0) is 11.3 Å². The lowest BCUT2D eigenvalue weighted by molar-refractivity contribution is -0.122. The van der Waals surface area contributed by atoms with Crippen molar-refractivity contribution in [2.24, 2.45) is 0 Å². The first-order chi connectivity index (χ1) is 10.4. The number of nitrogens with zero attached hydrogens (tertiary/aromatic N) is 2. The molecule has 1 saturated heterocycles. The van der Waals surface area contributed by atoms with Crippen molar-refractivity contribution in [3.63, 3.8) is 0 Å². The van der Waals surface area contributed by atoms with Crippen LogP contribution in [0.2, 0.25) is 0 Å². The average Bonchev–Trinajstić information content (AvgIpc) is 2.45. The van der Waals surface area contributed by atoms with Gasteiger partial charge in [-0.3, -0.25) is 14.6 Å². The van der Waals surface area contributed by atoms with Gasteiger partial charge in [-0.05, 0) is 31.5 Å². The van der Waals surface area contributed by atoms with Crippen LogP contribution < -0.4 is 5.32 Å². The van der Waals surface area contributed by atoms with Crippen LogP contribution >= 0.6 is 0 Å². The molecule has 1 heterocycles. The highest BCUT2D eigenvalue weighted by atomic mass is 19.1. The molecular weight excluding hydrogens is 288 g/mol. The molecule has 4 nitrogen and oxygen atoms in total. The van der Waals surface area contributed by atoms with Gasteiger partial charge < -0.3 is 5.32 Å². The maximum atomic E-state index is 13.1. The third kappa shape index (κ3) is 5.03. The molecule has 1 aliphatic heterocycles. The SMILES string of the molecule is CC(C)N1CCN(CC(=O)NCc2cc(F)cc(F)c2)CC1. The molecule has 0 bridgehead atoms. The number of rotatable bonds is 5. The molecule has 1 aliphatic rings. The zero-order valence-corrected chi connectivity index (χ0v) is 13.1. The lowest BCUT2D eigenvalue weighted by Crippen LogP contribution is -2.51. The number of amides is 1. The second-order valence-electron chi connectivity index (χ2n) is 5.96. The predicted molar refractivity (Wildman–Crippen MR) is 81.4 cm³/mol. The van der Waals surface area contributed by atoms with Crippen molar-refractivity contribution in [1.29, 1.82) is 0 Å². The van der Waals surface area contributed by atoms with Crippen LogP contribution in [0.4, 0.5) is 8.78 Å². The number of halogens is 2. The first kappa shape index (κ1) is 16.8. The highest BCUT2D eigenvalue weighted by molar-refractivity contribution is 5.78.